The zero-order chi connectivity index (χ0) is 22.0. The maximum Gasteiger partial charge on any atom is 0.341 e. The molecule has 3 N–H and O–H groups in total. The van der Waals surface area contributed by atoms with Crippen molar-refractivity contribution < 1.29 is 38.9 Å². The summed E-state index contributed by atoms with van der Waals surface area (Å²) in [5.74, 6) is -3.26. The highest BCUT2D eigenvalue weighted by molar-refractivity contribution is 5.89. The fraction of sp³-hybridized carbons (Fsp3) is 0.500. The zero-order valence-electron chi connectivity index (χ0n) is 16.1. The second kappa shape index (κ2) is 11.6. The van der Waals surface area contributed by atoms with Crippen LogP contribution < -0.4 is 5.73 Å². The number of carboxylic acid groups (broad SMARTS) is 1. The van der Waals surface area contributed by atoms with Crippen molar-refractivity contribution in [2.75, 3.05) is 6.79 Å². The Hall–Kier alpha value is -3.21. The van der Waals surface area contributed by atoms with E-state index in [-0.39, 0.29) is 24.5 Å². The Morgan fingerprint density at radius 3 is 2.52 bits per heavy atom. The van der Waals surface area contributed by atoms with E-state index in [1.807, 2.05) is 13.8 Å². The minimum absolute atomic E-state index is 0.0818. The molecular formula is C18H24N2O9. The molecule has 160 valence electrons. The molecule has 29 heavy (non-hydrogen) atoms. The van der Waals surface area contributed by atoms with E-state index in [0.29, 0.717) is 12.0 Å². The lowest BCUT2D eigenvalue weighted by Gasteiger charge is -2.22. The summed E-state index contributed by atoms with van der Waals surface area (Å²) in [5, 5.41) is 18.2. The number of hydrogen-bond donors (Lipinski definition) is 2. The van der Waals surface area contributed by atoms with Crippen LogP contribution in [-0.4, -0.2) is 40.9 Å². The molecule has 0 saturated heterocycles. The molecule has 0 amide bonds. The standard InChI is InChI=1S/C18H24N2O9/c1-11(2)6-14(8-15(21)22)16(19)18(24)28-10-27-17(23)13-5-3-4-12(7-13)9-29-20(25)26/h3-5,7,11,14,16H,6,8-10,19H2,1-2H3,(H,21,22)/t14?,16-/m0/s1. The predicted molar refractivity (Wildman–Crippen MR) is 97.8 cm³/mol. The van der Waals surface area contributed by atoms with Crippen LogP contribution in [0.4, 0.5) is 0 Å². The third-order valence-corrected chi connectivity index (χ3v) is 3.88. The second-order valence-electron chi connectivity index (χ2n) is 6.72. The molecule has 0 bridgehead atoms. The van der Waals surface area contributed by atoms with Crippen molar-refractivity contribution in [2.45, 2.75) is 39.3 Å². The Labute approximate surface area is 166 Å². The summed E-state index contributed by atoms with van der Waals surface area (Å²) in [6, 6.07) is 4.59. The average Bonchev–Trinajstić information content (AvgIpc) is 2.64. The molecule has 11 heteroatoms. The SMILES string of the molecule is CC(C)CC(CC(=O)O)[C@H](N)C(=O)OCOC(=O)c1cccc(CO[N+](=O)[O-])c1. The van der Waals surface area contributed by atoms with E-state index in [0.717, 1.165) is 0 Å². The Balaban J connectivity index is 2.57. The van der Waals surface area contributed by atoms with Gasteiger partial charge in [-0.3, -0.25) is 9.59 Å². The molecule has 0 aliphatic carbocycles. The van der Waals surface area contributed by atoms with Gasteiger partial charge in [-0.15, -0.1) is 10.1 Å². The number of ether oxygens (including phenoxy) is 2. The number of esters is 2. The van der Waals surface area contributed by atoms with E-state index in [4.69, 9.17) is 20.3 Å². The lowest BCUT2D eigenvalue weighted by molar-refractivity contribution is -0.763. The number of carbonyl (C=O) groups excluding carboxylic acids is 2. The van der Waals surface area contributed by atoms with Crippen LogP contribution >= 0.6 is 0 Å². The van der Waals surface area contributed by atoms with Crippen molar-refractivity contribution in [1.29, 1.82) is 0 Å². The molecule has 0 fully saturated rings. The number of benzene rings is 1. The number of hydrogen-bond acceptors (Lipinski definition) is 9. The van der Waals surface area contributed by atoms with Gasteiger partial charge in [0.05, 0.1) is 12.0 Å². The summed E-state index contributed by atoms with van der Waals surface area (Å²) >= 11 is 0. The molecule has 11 nitrogen and oxygen atoms in total. The zero-order valence-corrected chi connectivity index (χ0v) is 16.1. The number of nitrogens with zero attached hydrogens (tertiary/aromatic N) is 1. The number of rotatable bonds is 12. The van der Waals surface area contributed by atoms with Gasteiger partial charge in [0.15, 0.2) is 0 Å². The molecule has 2 atom stereocenters. The first-order chi connectivity index (χ1) is 13.6. The second-order valence-corrected chi connectivity index (χ2v) is 6.72. The topological polar surface area (TPSA) is 168 Å². The number of carbonyl (C=O) groups is 3. The highest BCUT2D eigenvalue weighted by atomic mass is 16.9. The number of nitrogens with two attached hydrogens (primary N) is 1. The van der Waals surface area contributed by atoms with E-state index < -0.39 is 41.7 Å². The van der Waals surface area contributed by atoms with Gasteiger partial charge in [-0.2, -0.15) is 0 Å². The number of aliphatic carboxylic acids is 1. The maximum absolute atomic E-state index is 12.1. The highest BCUT2D eigenvalue weighted by Crippen LogP contribution is 2.19. The summed E-state index contributed by atoms with van der Waals surface area (Å²) < 4.78 is 9.68. The minimum atomic E-state index is -1.17. The lowest BCUT2D eigenvalue weighted by atomic mass is 9.88. The van der Waals surface area contributed by atoms with Crippen molar-refractivity contribution in [3.63, 3.8) is 0 Å². The molecule has 0 heterocycles. The van der Waals surface area contributed by atoms with Crippen LogP contribution in [0.15, 0.2) is 24.3 Å². The fourth-order valence-corrected chi connectivity index (χ4v) is 2.62. The molecule has 0 spiro atoms. The van der Waals surface area contributed by atoms with Crippen LogP contribution in [0.1, 0.15) is 42.6 Å². The van der Waals surface area contributed by atoms with Crippen LogP contribution in [-0.2, 0) is 30.5 Å². The normalized spacial score (nSPS) is 12.7. The molecular weight excluding hydrogens is 388 g/mol. The van der Waals surface area contributed by atoms with Crippen LogP contribution in [0.2, 0.25) is 0 Å². The summed E-state index contributed by atoms with van der Waals surface area (Å²) in [7, 11) is 0. The molecule has 1 rings (SSSR count). The van der Waals surface area contributed by atoms with Gasteiger partial charge in [0.1, 0.15) is 12.6 Å². The van der Waals surface area contributed by atoms with Crippen LogP contribution in [0, 0.1) is 22.0 Å². The average molecular weight is 412 g/mol. The molecule has 0 aliphatic rings. The van der Waals surface area contributed by atoms with Crippen molar-refractivity contribution in [3.05, 3.63) is 45.5 Å². The lowest BCUT2D eigenvalue weighted by Crippen LogP contribution is -2.41. The molecule has 0 aromatic heterocycles. The predicted octanol–water partition coefficient (Wildman–Crippen LogP) is 1.52. The summed E-state index contributed by atoms with van der Waals surface area (Å²) in [4.78, 5) is 49.5. The van der Waals surface area contributed by atoms with Gasteiger partial charge in [0.25, 0.3) is 5.09 Å². The summed E-state index contributed by atoms with van der Waals surface area (Å²) in [5.41, 5.74) is 6.27. The molecule has 0 radical (unpaired) electrons. The number of carboxylic acids is 1. The molecule has 1 unspecified atom stereocenters. The van der Waals surface area contributed by atoms with E-state index in [1.165, 1.54) is 24.3 Å². The van der Waals surface area contributed by atoms with Gasteiger partial charge in [-0.05, 0) is 36.0 Å². The smallest absolute Gasteiger partial charge is 0.341 e. The third kappa shape index (κ3) is 9.02. The quantitative estimate of drug-likeness (QED) is 0.222. The van der Waals surface area contributed by atoms with E-state index >= 15 is 0 Å². The maximum atomic E-state index is 12.1. The van der Waals surface area contributed by atoms with Crippen molar-refractivity contribution in [1.82, 2.24) is 0 Å². The van der Waals surface area contributed by atoms with Gasteiger partial charge in [0, 0.05) is 0 Å². The minimum Gasteiger partial charge on any atom is -0.481 e. The molecule has 1 aromatic carbocycles. The van der Waals surface area contributed by atoms with E-state index in [2.05, 4.69) is 4.84 Å². The molecule has 0 aliphatic heterocycles. The molecule has 1 aromatic rings. The van der Waals surface area contributed by atoms with Crippen LogP contribution in [0.5, 0.6) is 0 Å². The Morgan fingerprint density at radius 1 is 1.24 bits per heavy atom. The Morgan fingerprint density at radius 2 is 1.93 bits per heavy atom. The van der Waals surface area contributed by atoms with Gasteiger partial charge < -0.3 is 25.2 Å². The van der Waals surface area contributed by atoms with Crippen molar-refractivity contribution in [2.24, 2.45) is 17.6 Å². The van der Waals surface area contributed by atoms with Crippen molar-refractivity contribution >= 4 is 17.9 Å². The van der Waals surface area contributed by atoms with Crippen molar-refractivity contribution in [3.8, 4) is 0 Å². The van der Waals surface area contributed by atoms with Gasteiger partial charge in [-0.25, -0.2) is 4.79 Å². The Bertz CT molecular complexity index is 736. The Kier molecular flexibility index (Phi) is 9.52. The first-order valence-electron chi connectivity index (χ1n) is 8.77. The first kappa shape index (κ1) is 23.8. The van der Waals surface area contributed by atoms with Crippen LogP contribution in [0.25, 0.3) is 0 Å². The highest BCUT2D eigenvalue weighted by Gasteiger charge is 2.29. The monoisotopic (exact) mass is 412 g/mol. The van der Waals surface area contributed by atoms with Gasteiger partial charge in [0.2, 0.25) is 6.79 Å². The molecule has 0 saturated carbocycles. The van der Waals surface area contributed by atoms with Crippen LogP contribution in [0.3, 0.4) is 0 Å². The summed E-state index contributed by atoms with van der Waals surface area (Å²) in [6.45, 7) is 2.71. The largest absolute Gasteiger partial charge is 0.481 e. The third-order valence-electron chi connectivity index (χ3n) is 3.88. The van der Waals surface area contributed by atoms with E-state index in [1.54, 1.807) is 0 Å². The fourth-order valence-electron chi connectivity index (χ4n) is 2.62. The van der Waals surface area contributed by atoms with Gasteiger partial charge >= 0.3 is 17.9 Å². The first-order valence-corrected chi connectivity index (χ1v) is 8.77. The van der Waals surface area contributed by atoms with E-state index in [9.17, 15) is 24.5 Å². The van der Waals surface area contributed by atoms with Gasteiger partial charge in [-0.1, -0.05) is 26.0 Å². The summed E-state index contributed by atoms with van der Waals surface area (Å²) in [6.07, 6.45) is 0.134.